The monoisotopic (exact) mass is 525 g/mol. The number of benzene rings is 1. The van der Waals surface area contributed by atoms with Crippen molar-refractivity contribution in [3.8, 4) is 23.1 Å². The van der Waals surface area contributed by atoms with Crippen LogP contribution in [0.25, 0.3) is 16.8 Å². The van der Waals surface area contributed by atoms with Crippen LogP contribution in [0.1, 0.15) is 41.5 Å². The normalized spacial score (nSPS) is 16.8. The number of nitrogens with zero attached hydrogens (tertiary/aromatic N) is 5. The number of pyridine rings is 1. The summed E-state index contributed by atoms with van der Waals surface area (Å²) in [5.41, 5.74) is 9.77. The number of nitrogens with one attached hydrogen (secondary N) is 1. The second kappa shape index (κ2) is 10.2. The average Bonchev–Trinajstić information content (AvgIpc) is 3.53. The van der Waals surface area contributed by atoms with Crippen LogP contribution in [0.3, 0.4) is 0 Å². The molecule has 9 nitrogen and oxygen atoms in total. The van der Waals surface area contributed by atoms with Crippen LogP contribution >= 0.6 is 11.8 Å². The van der Waals surface area contributed by atoms with E-state index < -0.39 is 4.87 Å². The van der Waals surface area contributed by atoms with Gasteiger partial charge in [-0.2, -0.15) is 0 Å². The number of rotatable bonds is 5. The zero-order valence-corrected chi connectivity index (χ0v) is 22.2. The van der Waals surface area contributed by atoms with E-state index in [1.807, 2.05) is 42.0 Å². The quantitative estimate of drug-likeness (QED) is 0.377. The Balaban J connectivity index is 1.60. The maximum absolute atomic E-state index is 13.0. The van der Waals surface area contributed by atoms with Crippen molar-refractivity contribution in [2.45, 2.75) is 31.6 Å². The predicted octanol–water partition coefficient (Wildman–Crippen LogP) is 4.10. The molecule has 1 fully saturated rings. The number of nitrogens with two attached hydrogens (primary N) is 1. The number of nitrogen functional groups attached to an aromatic ring is 1. The number of hydrogen-bond acceptors (Lipinski definition) is 7. The average molecular weight is 526 g/mol. The van der Waals surface area contributed by atoms with E-state index in [-0.39, 0.29) is 11.8 Å². The van der Waals surface area contributed by atoms with Crippen molar-refractivity contribution in [3.05, 3.63) is 71.9 Å². The second-order valence-corrected chi connectivity index (χ2v) is 10.0. The fraction of sp³-hybridized carbons (Fsp3) is 0.250. The van der Waals surface area contributed by atoms with E-state index in [0.717, 1.165) is 24.0 Å². The molecular weight excluding hydrogens is 498 g/mol. The first-order chi connectivity index (χ1) is 18.4. The molecule has 1 aromatic carbocycles. The highest BCUT2D eigenvalue weighted by atomic mass is 32.2. The highest BCUT2D eigenvalue weighted by molar-refractivity contribution is 7.99. The highest BCUT2D eigenvalue weighted by Gasteiger charge is 2.48. The SMILES string of the molecule is CC#CC(=O)N1CCCC1(SC)c1nc(-c2ccc(C(=O)Nc3ccccn3)c(C)c2)c2c(N)nccn12. The van der Waals surface area contributed by atoms with Gasteiger partial charge in [0, 0.05) is 36.3 Å². The summed E-state index contributed by atoms with van der Waals surface area (Å²) < 4.78 is 1.93. The van der Waals surface area contributed by atoms with Gasteiger partial charge in [0.15, 0.2) is 5.82 Å². The largest absolute Gasteiger partial charge is 0.382 e. The van der Waals surface area contributed by atoms with Crippen LogP contribution in [0.5, 0.6) is 0 Å². The maximum Gasteiger partial charge on any atom is 0.299 e. The summed E-state index contributed by atoms with van der Waals surface area (Å²) in [6, 6.07) is 10.9. The van der Waals surface area contributed by atoms with E-state index in [4.69, 9.17) is 10.7 Å². The van der Waals surface area contributed by atoms with Crippen molar-refractivity contribution in [2.24, 2.45) is 0 Å². The van der Waals surface area contributed by atoms with Gasteiger partial charge in [-0.15, -0.1) is 11.8 Å². The molecule has 2 amide bonds. The van der Waals surface area contributed by atoms with Gasteiger partial charge in [-0.1, -0.05) is 18.1 Å². The fourth-order valence-electron chi connectivity index (χ4n) is 5.00. The van der Waals surface area contributed by atoms with Crippen LogP contribution in [-0.4, -0.2) is 48.9 Å². The first kappa shape index (κ1) is 25.3. The number of anilines is 2. The number of thioether (sulfide) groups is 1. The lowest BCUT2D eigenvalue weighted by molar-refractivity contribution is -0.127. The zero-order valence-electron chi connectivity index (χ0n) is 21.4. The van der Waals surface area contributed by atoms with Crippen LogP contribution in [0.15, 0.2) is 55.0 Å². The lowest BCUT2D eigenvalue weighted by Gasteiger charge is -2.34. The first-order valence-corrected chi connectivity index (χ1v) is 13.4. The molecule has 192 valence electrons. The minimum absolute atomic E-state index is 0.223. The Hall–Kier alpha value is -4.36. The molecule has 3 aromatic heterocycles. The molecule has 1 unspecified atom stereocenters. The number of carbonyl (C=O) groups is 2. The molecule has 3 N–H and O–H groups in total. The van der Waals surface area contributed by atoms with E-state index in [2.05, 4.69) is 27.1 Å². The third kappa shape index (κ3) is 4.25. The van der Waals surface area contributed by atoms with Crippen molar-refractivity contribution in [2.75, 3.05) is 23.9 Å². The molecule has 0 aliphatic carbocycles. The van der Waals surface area contributed by atoms with E-state index in [1.54, 1.807) is 54.2 Å². The summed E-state index contributed by atoms with van der Waals surface area (Å²) in [5, 5.41) is 2.83. The van der Waals surface area contributed by atoms with Gasteiger partial charge in [-0.05, 0) is 68.7 Å². The van der Waals surface area contributed by atoms with Crippen molar-refractivity contribution >= 4 is 40.7 Å². The van der Waals surface area contributed by atoms with Gasteiger partial charge in [-0.25, -0.2) is 15.0 Å². The molecule has 0 radical (unpaired) electrons. The number of likely N-dealkylation sites (tertiary alicyclic amines) is 1. The topological polar surface area (TPSA) is 119 Å². The number of carbonyl (C=O) groups excluding carboxylic acids is 2. The Bertz CT molecular complexity index is 1610. The Kier molecular flexibility index (Phi) is 6.78. The van der Waals surface area contributed by atoms with E-state index in [9.17, 15) is 9.59 Å². The van der Waals surface area contributed by atoms with Crippen LogP contribution in [0, 0.1) is 18.8 Å². The second-order valence-electron chi connectivity index (χ2n) is 8.94. The zero-order chi connectivity index (χ0) is 26.9. The minimum atomic E-state index is -0.701. The molecule has 1 atom stereocenters. The van der Waals surface area contributed by atoms with E-state index in [1.165, 1.54) is 0 Å². The molecule has 0 bridgehead atoms. The molecule has 10 heteroatoms. The molecule has 1 aliphatic heterocycles. The number of hydrogen-bond donors (Lipinski definition) is 2. The van der Waals surface area contributed by atoms with Crippen molar-refractivity contribution in [3.63, 3.8) is 0 Å². The molecule has 4 aromatic rings. The maximum atomic E-state index is 13.0. The Morgan fingerprint density at radius 3 is 2.74 bits per heavy atom. The number of aryl methyl sites for hydroxylation is 1. The lowest BCUT2D eigenvalue weighted by atomic mass is 10.0. The van der Waals surface area contributed by atoms with Gasteiger partial charge in [-0.3, -0.25) is 14.0 Å². The summed E-state index contributed by atoms with van der Waals surface area (Å²) >= 11 is 1.57. The van der Waals surface area contributed by atoms with E-state index >= 15 is 0 Å². The van der Waals surface area contributed by atoms with Crippen molar-refractivity contribution < 1.29 is 9.59 Å². The van der Waals surface area contributed by atoms with Crippen LogP contribution in [-0.2, 0) is 9.67 Å². The highest BCUT2D eigenvalue weighted by Crippen LogP contribution is 2.48. The summed E-state index contributed by atoms with van der Waals surface area (Å²) in [4.78, 5) is 40.6. The molecule has 0 saturated carbocycles. The molecule has 5 rings (SSSR count). The molecule has 1 aliphatic rings. The van der Waals surface area contributed by atoms with Crippen LogP contribution < -0.4 is 11.1 Å². The molecular formula is C28H27N7O2S. The molecule has 0 spiro atoms. The molecule has 4 heterocycles. The van der Waals surface area contributed by atoms with Gasteiger partial charge < -0.3 is 16.0 Å². The van der Waals surface area contributed by atoms with Gasteiger partial charge in [0.25, 0.3) is 11.8 Å². The first-order valence-electron chi connectivity index (χ1n) is 12.2. The Labute approximate surface area is 224 Å². The Morgan fingerprint density at radius 1 is 1.18 bits per heavy atom. The minimum Gasteiger partial charge on any atom is -0.382 e. The summed E-state index contributed by atoms with van der Waals surface area (Å²) in [6.45, 7) is 4.13. The summed E-state index contributed by atoms with van der Waals surface area (Å²) in [6.07, 6.45) is 8.63. The Morgan fingerprint density at radius 2 is 2.03 bits per heavy atom. The van der Waals surface area contributed by atoms with Gasteiger partial charge >= 0.3 is 0 Å². The smallest absolute Gasteiger partial charge is 0.299 e. The number of imidazole rings is 1. The van der Waals surface area contributed by atoms with Crippen LogP contribution in [0.2, 0.25) is 0 Å². The molecule has 1 saturated heterocycles. The molecule has 38 heavy (non-hydrogen) atoms. The van der Waals surface area contributed by atoms with Gasteiger partial charge in [0.05, 0.1) is 0 Å². The summed E-state index contributed by atoms with van der Waals surface area (Å²) in [7, 11) is 0. The van der Waals surface area contributed by atoms with Gasteiger partial charge in [0.2, 0.25) is 0 Å². The predicted molar refractivity (Wildman–Crippen MR) is 149 cm³/mol. The summed E-state index contributed by atoms with van der Waals surface area (Å²) in [5.74, 6) is 6.46. The fourth-order valence-corrected chi connectivity index (χ4v) is 6.06. The third-order valence-corrected chi connectivity index (χ3v) is 8.01. The number of amides is 2. The van der Waals surface area contributed by atoms with Gasteiger partial charge in [0.1, 0.15) is 27.7 Å². The number of fused-ring (bicyclic) bond motifs is 1. The van der Waals surface area contributed by atoms with E-state index in [0.29, 0.717) is 40.8 Å². The standard InChI is InChI=1S/C28H27N7O2S/c1-4-8-22(36)35-15-7-12-28(35,38-3)27-33-23(24-25(29)31-14-16-34(24)27)19-10-11-20(18(2)17-19)26(37)32-21-9-5-6-13-30-21/h5-6,9-11,13-14,16-17H,7,12,15H2,1-3H3,(H2,29,31)(H,30,32,37). The van der Waals surface area contributed by atoms with Crippen molar-refractivity contribution in [1.82, 2.24) is 24.3 Å². The lowest BCUT2D eigenvalue weighted by Crippen LogP contribution is -2.43. The van der Waals surface area contributed by atoms with Crippen molar-refractivity contribution in [1.29, 1.82) is 0 Å². The third-order valence-electron chi connectivity index (χ3n) is 6.73. The van der Waals surface area contributed by atoms with Crippen LogP contribution in [0.4, 0.5) is 11.6 Å². The number of aromatic nitrogens is 4.